The number of hydrogen-bond donors (Lipinski definition) is 0. The number of nitrogens with zero attached hydrogens (tertiary/aromatic N) is 5. The summed E-state index contributed by atoms with van der Waals surface area (Å²) < 4.78 is 7.60. The number of imidazole rings is 1. The van der Waals surface area contributed by atoms with Crippen LogP contribution in [0.3, 0.4) is 0 Å². The predicted octanol–water partition coefficient (Wildman–Crippen LogP) is 3.73. The number of amides is 2. The molecule has 1 aliphatic heterocycles. The fourth-order valence-corrected chi connectivity index (χ4v) is 4.66. The number of ether oxygens (including phenoxy) is 1. The summed E-state index contributed by atoms with van der Waals surface area (Å²) in [6.45, 7) is 10.3. The van der Waals surface area contributed by atoms with Gasteiger partial charge in [-0.3, -0.25) is 9.78 Å². The lowest BCUT2D eigenvalue weighted by atomic mass is 9.92. The van der Waals surface area contributed by atoms with E-state index in [4.69, 9.17) is 4.74 Å². The van der Waals surface area contributed by atoms with E-state index >= 15 is 0 Å². The van der Waals surface area contributed by atoms with Gasteiger partial charge in [-0.15, -0.1) is 0 Å². The van der Waals surface area contributed by atoms with Crippen LogP contribution in [0.25, 0.3) is 0 Å². The zero-order valence-corrected chi connectivity index (χ0v) is 19.5. The van der Waals surface area contributed by atoms with E-state index in [1.54, 1.807) is 23.4 Å². The summed E-state index contributed by atoms with van der Waals surface area (Å²) in [5.74, 6) is 0.817. The van der Waals surface area contributed by atoms with Gasteiger partial charge in [-0.05, 0) is 64.5 Å². The molecule has 32 heavy (non-hydrogen) atoms. The molecule has 4 rings (SSSR count). The second-order valence-corrected chi connectivity index (χ2v) is 9.83. The van der Waals surface area contributed by atoms with Crippen molar-refractivity contribution in [2.75, 3.05) is 13.1 Å². The number of piperidine rings is 1. The van der Waals surface area contributed by atoms with Crippen molar-refractivity contribution < 1.29 is 14.3 Å². The maximum atomic E-state index is 13.4. The molecule has 0 aromatic carbocycles. The van der Waals surface area contributed by atoms with Gasteiger partial charge in [0.15, 0.2) is 0 Å². The number of carbonyl (C=O) groups excluding carboxylic acids is 2. The van der Waals surface area contributed by atoms with E-state index in [9.17, 15) is 9.59 Å². The smallest absolute Gasteiger partial charge is 0.410 e. The molecule has 0 bridgehead atoms. The Labute approximate surface area is 189 Å². The first-order valence-electron chi connectivity index (χ1n) is 11.4. The minimum absolute atomic E-state index is 0.0482. The van der Waals surface area contributed by atoms with Gasteiger partial charge >= 0.3 is 6.09 Å². The molecule has 2 amide bonds. The van der Waals surface area contributed by atoms with Crippen molar-refractivity contribution in [3.8, 4) is 0 Å². The van der Waals surface area contributed by atoms with Crippen LogP contribution in [0, 0.1) is 5.41 Å². The van der Waals surface area contributed by atoms with Crippen molar-refractivity contribution in [3.63, 3.8) is 0 Å². The Morgan fingerprint density at radius 2 is 1.94 bits per heavy atom. The molecule has 2 aromatic heterocycles. The fourth-order valence-electron chi connectivity index (χ4n) is 4.66. The van der Waals surface area contributed by atoms with Crippen molar-refractivity contribution >= 4 is 12.0 Å². The van der Waals surface area contributed by atoms with E-state index in [1.165, 1.54) is 0 Å². The quantitative estimate of drug-likeness (QED) is 0.709. The van der Waals surface area contributed by atoms with Crippen molar-refractivity contribution in [3.05, 3.63) is 48.3 Å². The van der Waals surface area contributed by atoms with Crippen LogP contribution >= 0.6 is 0 Å². The Kier molecular flexibility index (Phi) is 5.97. The first-order chi connectivity index (χ1) is 15.2. The summed E-state index contributed by atoms with van der Waals surface area (Å²) >= 11 is 0. The topological polar surface area (TPSA) is 80.6 Å². The Bertz CT molecular complexity index is 958. The zero-order valence-electron chi connectivity index (χ0n) is 19.5. The molecule has 1 atom stereocenters. The summed E-state index contributed by atoms with van der Waals surface area (Å²) in [5, 5.41) is 0. The number of rotatable bonds is 5. The van der Waals surface area contributed by atoms with E-state index in [2.05, 4.69) is 21.5 Å². The first kappa shape index (κ1) is 22.3. The molecule has 1 spiro atoms. The molecular formula is C24H33N5O3. The third-order valence-corrected chi connectivity index (χ3v) is 6.53. The van der Waals surface area contributed by atoms with Gasteiger partial charge in [0.2, 0.25) is 0 Å². The molecule has 172 valence electrons. The van der Waals surface area contributed by atoms with Crippen molar-refractivity contribution in [1.82, 2.24) is 24.3 Å². The summed E-state index contributed by atoms with van der Waals surface area (Å²) in [6, 6.07) is 5.55. The maximum Gasteiger partial charge on any atom is 0.410 e. The SMILES string of the molecule is CCn1ccnc1CN(C(=O)c1ccccn1)[C@H]1CC12CCN(C(=O)OC(C)(C)C)CC2. The average molecular weight is 440 g/mol. The molecule has 0 unspecified atom stereocenters. The van der Waals surface area contributed by atoms with E-state index < -0.39 is 5.60 Å². The Balaban J connectivity index is 1.48. The van der Waals surface area contributed by atoms with E-state index in [1.807, 2.05) is 44.0 Å². The van der Waals surface area contributed by atoms with E-state index in [-0.39, 0.29) is 23.5 Å². The Morgan fingerprint density at radius 1 is 1.19 bits per heavy atom. The molecule has 3 heterocycles. The van der Waals surface area contributed by atoms with Gasteiger partial charge in [-0.1, -0.05) is 6.07 Å². The highest BCUT2D eigenvalue weighted by Gasteiger charge is 2.59. The minimum atomic E-state index is -0.499. The van der Waals surface area contributed by atoms with Crippen LogP contribution in [-0.4, -0.2) is 61.1 Å². The number of likely N-dealkylation sites (tertiary alicyclic amines) is 1. The third kappa shape index (κ3) is 4.64. The zero-order chi connectivity index (χ0) is 22.9. The van der Waals surface area contributed by atoms with Crippen LogP contribution in [-0.2, 0) is 17.8 Å². The van der Waals surface area contributed by atoms with Gasteiger partial charge in [-0.25, -0.2) is 9.78 Å². The van der Waals surface area contributed by atoms with Crippen LogP contribution < -0.4 is 0 Å². The van der Waals surface area contributed by atoms with Crippen molar-refractivity contribution in [2.24, 2.45) is 5.41 Å². The number of hydrogen-bond acceptors (Lipinski definition) is 5. The Hall–Kier alpha value is -2.90. The van der Waals surface area contributed by atoms with Gasteiger partial charge in [0.05, 0.1) is 6.54 Å². The summed E-state index contributed by atoms with van der Waals surface area (Å²) in [4.78, 5) is 38.4. The molecule has 2 aliphatic rings. The first-order valence-corrected chi connectivity index (χ1v) is 11.4. The van der Waals surface area contributed by atoms with E-state index in [0.717, 1.165) is 31.6 Å². The number of aromatic nitrogens is 3. The molecule has 1 saturated heterocycles. The van der Waals surface area contributed by atoms with Crippen LogP contribution in [0.5, 0.6) is 0 Å². The largest absolute Gasteiger partial charge is 0.444 e. The van der Waals surface area contributed by atoms with Gasteiger partial charge in [0.1, 0.15) is 17.1 Å². The van der Waals surface area contributed by atoms with Crippen LogP contribution in [0.2, 0.25) is 0 Å². The highest BCUT2D eigenvalue weighted by molar-refractivity contribution is 5.92. The molecule has 0 N–H and O–H groups in total. The summed E-state index contributed by atoms with van der Waals surface area (Å²) in [6.07, 6.45) is 7.80. The molecule has 8 heteroatoms. The lowest BCUT2D eigenvalue weighted by Crippen LogP contribution is -2.44. The van der Waals surface area contributed by atoms with E-state index in [0.29, 0.717) is 25.3 Å². The summed E-state index contributed by atoms with van der Waals surface area (Å²) in [7, 11) is 0. The minimum Gasteiger partial charge on any atom is -0.444 e. The third-order valence-electron chi connectivity index (χ3n) is 6.53. The van der Waals surface area contributed by atoms with Crippen LogP contribution in [0.1, 0.15) is 63.3 Å². The summed E-state index contributed by atoms with van der Waals surface area (Å²) in [5.41, 5.74) is 0.00365. The Morgan fingerprint density at radius 3 is 2.56 bits per heavy atom. The lowest BCUT2D eigenvalue weighted by molar-refractivity contribution is 0.0153. The highest BCUT2D eigenvalue weighted by atomic mass is 16.6. The van der Waals surface area contributed by atoms with Crippen molar-refractivity contribution in [1.29, 1.82) is 0 Å². The van der Waals surface area contributed by atoms with Gasteiger partial charge in [-0.2, -0.15) is 0 Å². The molecule has 2 fully saturated rings. The number of aryl methyl sites for hydroxylation is 1. The molecule has 2 aromatic rings. The normalized spacial score (nSPS) is 19.6. The fraction of sp³-hybridized carbons (Fsp3) is 0.583. The molecule has 0 radical (unpaired) electrons. The molecule has 8 nitrogen and oxygen atoms in total. The van der Waals surface area contributed by atoms with Crippen LogP contribution in [0.15, 0.2) is 36.8 Å². The van der Waals surface area contributed by atoms with Gasteiger partial charge in [0.25, 0.3) is 5.91 Å². The second-order valence-electron chi connectivity index (χ2n) is 9.83. The molecule has 1 saturated carbocycles. The predicted molar refractivity (Wildman–Crippen MR) is 120 cm³/mol. The second kappa shape index (κ2) is 8.56. The number of pyridine rings is 1. The lowest BCUT2D eigenvalue weighted by Gasteiger charge is -2.35. The maximum absolute atomic E-state index is 13.4. The molecule has 1 aliphatic carbocycles. The number of carbonyl (C=O) groups is 2. The molecular weight excluding hydrogens is 406 g/mol. The monoisotopic (exact) mass is 439 g/mol. The van der Waals surface area contributed by atoms with Gasteiger partial charge < -0.3 is 19.1 Å². The van der Waals surface area contributed by atoms with Gasteiger partial charge in [0, 0.05) is 44.3 Å². The highest BCUT2D eigenvalue weighted by Crippen LogP contribution is 2.57. The van der Waals surface area contributed by atoms with Crippen LogP contribution in [0.4, 0.5) is 4.79 Å². The standard InChI is InChI=1S/C24H33N5O3/c1-5-27-15-12-26-20(27)17-29(21(30)18-8-6-7-11-25-18)19-16-24(19)9-13-28(14-10-24)22(31)32-23(2,3)4/h6-8,11-12,15,19H,5,9-10,13-14,16-17H2,1-4H3/t19-/m0/s1. The van der Waals surface area contributed by atoms with Crippen molar-refractivity contribution in [2.45, 2.75) is 71.7 Å². The average Bonchev–Trinajstić information content (AvgIpc) is 3.25.